The molecular weight excluding hydrogens is 357 g/mol. The second-order valence-electron chi connectivity index (χ2n) is 6.66. The van der Waals surface area contributed by atoms with E-state index in [1.54, 1.807) is 17.9 Å². The number of alkyl halides is 3. The van der Waals surface area contributed by atoms with Gasteiger partial charge >= 0.3 is 6.18 Å². The summed E-state index contributed by atoms with van der Waals surface area (Å²) in [4.78, 5) is 4.30. The first-order chi connectivity index (χ1) is 11.5. The zero-order chi connectivity index (χ0) is 18.6. The van der Waals surface area contributed by atoms with Gasteiger partial charge in [-0.1, -0.05) is 0 Å². The molecule has 0 aromatic carbocycles. The van der Waals surface area contributed by atoms with Crippen LogP contribution in [0.15, 0.2) is 12.3 Å². The van der Waals surface area contributed by atoms with Gasteiger partial charge in [0.2, 0.25) is 0 Å². The van der Waals surface area contributed by atoms with Gasteiger partial charge in [-0.2, -0.15) is 18.3 Å². The Morgan fingerprint density at radius 3 is 2.68 bits per heavy atom. The molecule has 1 saturated carbocycles. The third-order valence-electron chi connectivity index (χ3n) is 4.83. The smallest absolute Gasteiger partial charge is 0.311 e. The van der Waals surface area contributed by atoms with Gasteiger partial charge in [0, 0.05) is 38.0 Å². The Bertz CT molecular complexity index is 923. The van der Waals surface area contributed by atoms with E-state index in [2.05, 4.69) is 15.4 Å². The zero-order valence-corrected chi connectivity index (χ0v) is 14.9. The van der Waals surface area contributed by atoms with Gasteiger partial charge in [0.1, 0.15) is 0 Å². The maximum absolute atomic E-state index is 12.9. The summed E-state index contributed by atoms with van der Waals surface area (Å²) in [5.74, 6) is -1.80. The molecular formula is C15H19F3N4O2S. The van der Waals surface area contributed by atoms with Crippen LogP contribution in [0.4, 0.5) is 13.2 Å². The lowest BCUT2D eigenvalue weighted by Gasteiger charge is -2.18. The molecule has 0 bridgehead atoms. The number of halogens is 3. The van der Waals surface area contributed by atoms with Crippen LogP contribution >= 0.6 is 0 Å². The third-order valence-corrected chi connectivity index (χ3v) is 6.90. The van der Waals surface area contributed by atoms with E-state index in [-0.39, 0.29) is 19.5 Å². The molecule has 25 heavy (non-hydrogen) atoms. The second-order valence-corrected chi connectivity index (χ2v) is 9.02. The van der Waals surface area contributed by atoms with Gasteiger partial charge in [0.25, 0.3) is 0 Å². The van der Waals surface area contributed by atoms with Crippen molar-refractivity contribution in [3.05, 3.63) is 23.5 Å². The van der Waals surface area contributed by atoms with Crippen LogP contribution in [0, 0.1) is 12.8 Å². The fourth-order valence-corrected chi connectivity index (χ4v) is 4.79. The molecule has 2 aromatic heterocycles. The van der Waals surface area contributed by atoms with E-state index in [0.29, 0.717) is 5.65 Å². The number of nitrogens with zero attached hydrogens (tertiary/aromatic N) is 3. The third kappa shape index (κ3) is 3.12. The first-order valence-electron chi connectivity index (χ1n) is 7.71. The van der Waals surface area contributed by atoms with Gasteiger partial charge < -0.3 is 5.32 Å². The number of aryl methyl sites for hydroxylation is 2. The quantitative estimate of drug-likeness (QED) is 0.860. The Morgan fingerprint density at radius 1 is 1.44 bits per heavy atom. The molecule has 2 aromatic rings. The molecule has 0 unspecified atom stereocenters. The van der Waals surface area contributed by atoms with Gasteiger partial charge in [-0.15, -0.1) is 0 Å². The number of fused-ring (bicyclic) bond motifs is 1. The van der Waals surface area contributed by atoms with Crippen LogP contribution in [0.1, 0.15) is 17.7 Å². The highest BCUT2D eigenvalue weighted by Crippen LogP contribution is 2.57. The summed E-state index contributed by atoms with van der Waals surface area (Å²) in [7, 11) is -2.05. The van der Waals surface area contributed by atoms with Crippen molar-refractivity contribution >= 4 is 20.9 Å². The number of pyridine rings is 1. The van der Waals surface area contributed by atoms with Crippen LogP contribution in [0.3, 0.4) is 0 Å². The molecule has 1 fully saturated rings. The fourth-order valence-electron chi connectivity index (χ4n) is 3.30. The zero-order valence-electron chi connectivity index (χ0n) is 14.1. The number of sulfone groups is 1. The normalized spacial score (nSPS) is 24.0. The molecule has 10 heteroatoms. The number of aromatic nitrogens is 3. The van der Waals surface area contributed by atoms with E-state index in [1.165, 1.54) is 0 Å². The highest BCUT2D eigenvalue weighted by atomic mass is 32.2. The van der Waals surface area contributed by atoms with E-state index in [0.717, 1.165) is 22.9 Å². The Morgan fingerprint density at radius 2 is 2.12 bits per heavy atom. The van der Waals surface area contributed by atoms with Gasteiger partial charge in [-0.05, 0) is 25.0 Å². The van der Waals surface area contributed by atoms with Crippen molar-refractivity contribution in [2.24, 2.45) is 13.0 Å². The Labute approximate surface area is 143 Å². The summed E-state index contributed by atoms with van der Waals surface area (Å²) in [6.45, 7) is 1.84. The first kappa shape index (κ1) is 18.1. The molecule has 6 nitrogen and oxygen atoms in total. The maximum Gasteiger partial charge on any atom is 0.393 e. The van der Waals surface area contributed by atoms with Crippen molar-refractivity contribution in [1.82, 2.24) is 20.1 Å². The SMILES string of the molecule is Cc1nn(C)c2ncc(CNC[C@]3(S(C)(=O)=O)C[C@@H]3C(F)(F)F)cc12. The minimum absolute atomic E-state index is 0.235. The van der Waals surface area contributed by atoms with Crippen molar-refractivity contribution < 1.29 is 21.6 Å². The molecule has 0 spiro atoms. The van der Waals surface area contributed by atoms with Gasteiger partial charge in [-0.25, -0.2) is 13.4 Å². The highest BCUT2D eigenvalue weighted by molar-refractivity contribution is 7.92. The second kappa shape index (κ2) is 5.66. The molecule has 0 amide bonds. The van der Waals surface area contributed by atoms with Crippen molar-refractivity contribution in [3.8, 4) is 0 Å². The van der Waals surface area contributed by atoms with Gasteiger partial charge in [0.05, 0.1) is 16.4 Å². The Balaban J connectivity index is 1.73. The summed E-state index contributed by atoms with van der Waals surface area (Å²) in [6.07, 6.45) is -2.41. The van der Waals surface area contributed by atoms with Crippen LogP contribution in [0.25, 0.3) is 11.0 Å². The summed E-state index contributed by atoms with van der Waals surface area (Å²) in [5.41, 5.74) is 2.28. The lowest BCUT2D eigenvalue weighted by molar-refractivity contribution is -0.149. The molecule has 2 heterocycles. The van der Waals surface area contributed by atoms with Crippen LogP contribution in [-0.4, -0.2) is 46.9 Å². The number of rotatable bonds is 5. The lowest BCUT2D eigenvalue weighted by Crippen LogP contribution is -2.39. The molecule has 1 aliphatic rings. The van der Waals surface area contributed by atoms with Crippen molar-refractivity contribution in [3.63, 3.8) is 0 Å². The minimum atomic E-state index is -4.50. The molecule has 0 radical (unpaired) electrons. The molecule has 0 aliphatic heterocycles. The van der Waals surface area contributed by atoms with E-state index in [4.69, 9.17) is 0 Å². The average Bonchev–Trinajstić information content (AvgIpc) is 3.17. The molecule has 2 atom stereocenters. The fraction of sp³-hybridized carbons (Fsp3) is 0.600. The molecule has 138 valence electrons. The summed E-state index contributed by atoms with van der Waals surface area (Å²) >= 11 is 0. The Hall–Kier alpha value is -1.68. The highest BCUT2D eigenvalue weighted by Gasteiger charge is 2.71. The summed E-state index contributed by atoms with van der Waals surface area (Å²) in [5, 5.41) is 7.98. The number of nitrogens with one attached hydrogen (secondary N) is 1. The van der Waals surface area contributed by atoms with Crippen LogP contribution in [0.5, 0.6) is 0 Å². The monoisotopic (exact) mass is 376 g/mol. The van der Waals surface area contributed by atoms with E-state index < -0.39 is 26.7 Å². The van der Waals surface area contributed by atoms with Crippen LogP contribution in [-0.2, 0) is 23.4 Å². The largest absolute Gasteiger partial charge is 0.393 e. The molecule has 3 rings (SSSR count). The van der Waals surface area contributed by atoms with Crippen molar-refractivity contribution in [2.75, 3.05) is 12.8 Å². The van der Waals surface area contributed by atoms with E-state index in [1.807, 2.05) is 13.0 Å². The summed E-state index contributed by atoms with van der Waals surface area (Å²) in [6, 6.07) is 1.86. The van der Waals surface area contributed by atoms with Crippen molar-refractivity contribution in [1.29, 1.82) is 0 Å². The first-order valence-corrected chi connectivity index (χ1v) is 9.60. The predicted molar refractivity (Wildman–Crippen MR) is 86.7 cm³/mol. The van der Waals surface area contributed by atoms with Gasteiger partial charge in [-0.3, -0.25) is 4.68 Å². The predicted octanol–water partition coefficient (Wildman–Crippen LogP) is 1.73. The molecule has 0 saturated heterocycles. The molecule has 1 N–H and O–H groups in total. The van der Waals surface area contributed by atoms with Crippen LogP contribution < -0.4 is 5.32 Å². The van der Waals surface area contributed by atoms with E-state index in [9.17, 15) is 21.6 Å². The maximum atomic E-state index is 12.9. The number of hydrogen-bond donors (Lipinski definition) is 1. The Kier molecular flexibility index (Phi) is 4.11. The number of hydrogen-bond acceptors (Lipinski definition) is 5. The topological polar surface area (TPSA) is 76.9 Å². The lowest BCUT2D eigenvalue weighted by atomic mass is 10.2. The van der Waals surface area contributed by atoms with Gasteiger partial charge in [0.15, 0.2) is 15.5 Å². The molecule has 1 aliphatic carbocycles. The van der Waals surface area contributed by atoms with E-state index >= 15 is 0 Å². The standard InChI is InChI=1S/C15H19F3N4O2S/c1-9-11-4-10(7-20-13(11)22(2)21-9)6-19-8-14(25(3,23)24)5-12(14)15(16,17)18/h4,7,12,19H,5-6,8H2,1-3H3/t12-,14+/m0/s1. The van der Waals surface area contributed by atoms with Crippen LogP contribution in [0.2, 0.25) is 0 Å². The van der Waals surface area contributed by atoms with Crippen molar-refractivity contribution in [2.45, 2.75) is 30.8 Å². The summed E-state index contributed by atoms with van der Waals surface area (Å²) < 4.78 is 62.4. The average molecular weight is 376 g/mol. The minimum Gasteiger partial charge on any atom is -0.311 e.